The maximum atomic E-state index is 13.7. The smallest absolute Gasteiger partial charge is 0.271 e. The molecular formula is C32H35N3OS. The summed E-state index contributed by atoms with van der Waals surface area (Å²) in [6, 6.07) is 24.6. The predicted molar refractivity (Wildman–Crippen MR) is 159 cm³/mol. The van der Waals surface area contributed by atoms with Crippen molar-refractivity contribution in [3.05, 3.63) is 94.4 Å². The zero-order valence-electron chi connectivity index (χ0n) is 22.5. The standard InChI is InChI=1S/C32H35N3OS/c1-21(2)35-28-17-22(3)24(18-27(28)23(4)20-32(35,5)6)19-29-30(36)34(26-15-11-8-12-16-26)31(37-29)33-25-13-9-7-10-14-25/h7-19,21,23H,20H2,1-6H3/b29-19-,33-31?/t23-/m1/s1. The minimum absolute atomic E-state index is 0.0407. The SMILES string of the molecule is Cc1cc2c(cc1/C=C1\SC(=Nc3ccccc3)N(c3ccccc3)C1=O)[C@H](C)CC(C)(C)N2C(C)C. The van der Waals surface area contributed by atoms with E-state index >= 15 is 0 Å². The van der Waals surface area contributed by atoms with Crippen LogP contribution in [-0.2, 0) is 4.79 Å². The molecule has 0 unspecified atom stereocenters. The molecule has 5 rings (SSSR count). The summed E-state index contributed by atoms with van der Waals surface area (Å²) in [6.45, 7) is 13.7. The maximum absolute atomic E-state index is 13.7. The minimum atomic E-state index is -0.0407. The number of thioether (sulfide) groups is 1. The first-order valence-corrected chi connectivity index (χ1v) is 13.8. The molecule has 0 radical (unpaired) electrons. The molecule has 3 aromatic rings. The fourth-order valence-corrected chi connectivity index (χ4v) is 6.85. The van der Waals surface area contributed by atoms with E-state index in [1.54, 1.807) is 4.90 Å². The minimum Gasteiger partial charge on any atom is -0.364 e. The number of fused-ring (bicyclic) bond motifs is 1. The van der Waals surface area contributed by atoms with Crippen molar-refractivity contribution in [2.45, 2.75) is 65.5 Å². The van der Waals surface area contributed by atoms with Crippen LogP contribution in [0.3, 0.4) is 0 Å². The Labute approximate surface area is 225 Å². The van der Waals surface area contributed by atoms with Crippen molar-refractivity contribution in [3.63, 3.8) is 0 Å². The van der Waals surface area contributed by atoms with Crippen LogP contribution in [0.1, 0.15) is 63.6 Å². The number of carbonyl (C=O) groups excluding carboxylic acids is 1. The number of amides is 1. The van der Waals surface area contributed by atoms with Crippen LogP contribution in [-0.4, -0.2) is 22.7 Å². The van der Waals surface area contributed by atoms with Gasteiger partial charge in [0.2, 0.25) is 0 Å². The number of aryl methyl sites for hydroxylation is 1. The van der Waals surface area contributed by atoms with Crippen LogP contribution in [0.15, 0.2) is 82.7 Å². The van der Waals surface area contributed by atoms with E-state index in [-0.39, 0.29) is 11.4 Å². The Hall–Kier alpha value is -3.31. The highest BCUT2D eigenvalue weighted by Gasteiger charge is 2.38. The molecule has 37 heavy (non-hydrogen) atoms. The van der Waals surface area contributed by atoms with Crippen LogP contribution in [0.4, 0.5) is 17.1 Å². The molecule has 1 amide bonds. The van der Waals surface area contributed by atoms with Gasteiger partial charge < -0.3 is 4.90 Å². The van der Waals surface area contributed by atoms with Gasteiger partial charge in [0, 0.05) is 17.3 Å². The van der Waals surface area contributed by atoms with Crippen LogP contribution in [0.2, 0.25) is 0 Å². The number of hydrogen-bond donors (Lipinski definition) is 0. The molecule has 1 saturated heterocycles. The molecule has 0 aromatic heterocycles. The van der Waals surface area contributed by atoms with Crippen molar-refractivity contribution in [1.82, 2.24) is 0 Å². The number of aliphatic imine (C=N–C) groups is 1. The second-order valence-electron chi connectivity index (χ2n) is 11.0. The number of amidine groups is 1. The van der Waals surface area contributed by atoms with Gasteiger partial charge in [-0.3, -0.25) is 9.69 Å². The molecule has 1 fully saturated rings. The molecule has 2 aliphatic rings. The number of carbonyl (C=O) groups is 1. The number of nitrogens with zero attached hydrogens (tertiary/aromatic N) is 3. The molecular weight excluding hydrogens is 474 g/mol. The Morgan fingerprint density at radius 3 is 2.32 bits per heavy atom. The highest BCUT2D eigenvalue weighted by Crippen LogP contribution is 2.46. The van der Waals surface area contributed by atoms with Gasteiger partial charge in [-0.25, -0.2) is 4.99 Å². The lowest BCUT2D eigenvalue weighted by atomic mass is 9.78. The van der Waals surface area contributed by atoms with E-state index in [1.165, 1.54) is 28.6 Å². The lowest BCUT2D eigenvalue weighted by Crippen LogP contribution is -2.51. The van der Waals surface area contributed by atoms with Crippen molar-refractivity contribution in [3.8, 4) is 0 Å². The molecule has 3 aromatic carbocycles. The van der Waals surface area contributed by atoms with E-state index in [4.69, 9.17) is 4.99 Å². The molecule has 190 valence electrons. The van der Waals surface area contributed by atoms with Crippen LogP contribution < -0.4 is 9.80 Å². The van der Waals surface area contributed by atoms with E-state index in [1.807, 2.05) is 60.7 Å². The lowest BCUT2D eigenvalue weighted by Gasteiger charge is -2.50. The first kappa shape index (κ1) is 25.3. The Kier molecular flexibility index (Phi) is 6.76. The van der Waals surface area contributed by atoms with E-state index in [0.29, 0.717) is 22.0 Å². The Morgan fingerprint density at radius 1 is 1.03 bits per heavy atom. The molecule has 4 nitrogen and oxygen atoms in total. The first-order valence-electron chi connectivity index (χ1n) is 13.0. The zero-order valence-corrected chi connectivity index (χ0v) is 23.3. The second kappa shape index (κ2) is 9.86. The van der Waals surface area contributed by atoms with E-state index in [9.17, 15) is 4.79 Å². The molecule has 2 aliphatic heterocycles. The van der Waals surface area contributed by atoms with Crippen LogP contribution in [0.5, 0.6) is 0 Å². The largest absolute Gasteiger partial charge is 0.364 e. The average Bonchev–Trinajstić information content (AvgIpc) is 3.14. The van der Waals surface area contributed by atoms with Gasteiger partial charge in [-0.1, -0.05) is 43.3 Å². The van der Waals surface area contributed by atoms with E-state index in [0.717, 1.165) is 23.4 Å². The molecule has 1 atom stereocenters. The fraction of sp³-hybridized carbons (Fsp3) is 0.312. The third kappa shape index (κ3) is 4.85. The number of anilines is 2. The van der Waals surface area contributed by atoms with Crippen molar-refractivity contribution in [2.24, 2.45) is 4.99 Å². The summed E-state index contributed by atoms with van der Waals surface area (Å²) in [7, 11) is 0. The highest BCUT2D eigenvalue weighted by molar-refractivity contribution is 8.19. The summed E-state index contributed by atoms with van der Waals surface area (Å²) in [4.78, 5) is 23.6. The van der Waals surface area contributed by atoms with Crippen molar-refractivity contribution in [2.75, 3.05) is 9.80 Å². The molecule has 2 heterocycles. The zero-order chi connectivity index (χ0) is 26.3. The van der Waals surface area contributed by atoms with Gasteiger partial charge in [-0.15, -0.1) is 0 Å². The number of benzene rings is 3. The van der Waals surface area contributed by atoms with Gasteiger partial charge >= 0.3 is 0 Å². The lowest BCUT2D eigenvalue weighted by molar-refractivity contribution is -0.113. The maximum Gasteiger partial charge on any atom is 0.271 e. The normalized spacial score (nSPS) is 21.3. The molecule has 0 spiro atoms. The van der Waals surface area contributed by atoms with Gasteiger partial charge in [-0.2, -0.15) is 0 Å². The number of para-hydroxylation sites is 2. The van der Waals surface area contributed by atoms with Crippen LogP contribution in [0.25, 0.3) is 6.08 Å². The number of rotatable bonds is 4. The fourth-order valence-electron chi connectivity index (χ4n) is 5.85. The molecule has 0 saturated carbocycles. The van der Waals surface area contributed by atoms with Gasteiger partial charge in [0.1, 0.15) is 0 Å². The van der Waals surface area contributed by atoms with Crippen LogP contribution in [0, 0.1) is 6.92 Å². The monoisotopic (exact) mass is 509 g/mol. The van der Waals surface area contributed by atoms with Crippen LogP contribution >= 0.6 is 11.8 Å². The van der Waals surface area contributed by atoms with Gasteiger partial charge in [-0.05, 0) is 118 Å². The van der Waals surface area contributed by atoms with Crippen molar-refractivity contribution >= 4 is 46.0 Å². The molecule has 0 N–H and O–H groups in total. The van der Waals surface area contributed by atoms with Gasteiger partial charge in [0.05, 0.1) is 16.3 Å². The van der Waals surface area contributed by atoms with E-state index in [2.05, 4.69) is 64.7 Å². The quantitative estimate of drug-likeness (QED) is 0.332. The summed E-state index contributed by atoms with van der Waals surface area (Å²) in [6.07, 6.45) is 3.15. The summed E-state index contributed by atoms with van der Waals surface area (Å²) in [5, 5.41) is 0.672. The summed E-state index contributed by atoms with van der Waals surface area (Å²) in [5.41, 5.74) is 6.70. The van der Waals surface area contributed by atoms with Gasteiger partial charge in [0.25, 0.3) is 5.91 Å². The summed E-state index contributed by atoms with van der Waals surface area (Å²) < 4.78 is 0. The second-order valence-corrected chi connectivity index (χ2v) is 12.0. The first-order chi connectivity index (χ1) is 17.7. The number of hydrogen-bond acceptors (Lipinski definition) is 4. The average molecular weight is 510 g/mol. The Morgan fingerprint density at radius 2 is 1.68 bits per heavy atom. The Bertz CT molecular complexity index is 1380. The molecule has 0 aliphatic carbocycles. The van der Waals surface area contributed by atoms with Crippen molar-refractivity contribution in [1.29, 1.82) is 0 Å². The summed E-state index contributed by atoms with van der Waals surface area (Å²) >= 11 is 1.44. The highest BCUT2D eigenvalue weighted by atomic mass is 32.2. The van der Waals surface area contributed by atoms with Crippen molar-refractivity contribution < 1.29 is 4.79 Å². The third-order valence-corrected chi connectivity index (χ3v) is 8.24. The van der Waals surface area contributed by atoms with E-state index < -0.39 is 0 Å². The van der Waals surface area contributed by atoms with Gasteiger partial charge in [0.15, 0.2) is 5.17 Å². The Balaban J connectivity index is 1.58. The predicted octanol–water partition coefficient (Wildman–Crippen LogP) is 8.30. The molecule has 5 heteroatoms. The molecule has 0 bridgehead atoms. The topological polar surface area (TPSA) is 35.9 Å². The summed E-state index contributed by atoms with van der Waals surface area (Å²) in [5.74, 6) is 0.404. The third-order valence-electron chi connectivity index (χ3n) is 7.27.